The first-order valence-electron chi connectivity index (χ1n) is 6.32. The molecule has 1 aromatic rings. The number of methoxy groups -OCH3 is 1. The molecule has 0 aliphatic rings. The Morgan fingerprint density at radius 3 is 2.83 bits per heavy atom. The third-order valence-corrected chi connectivity index (χ3v) is 3.02. The molecule has 0 aliphatic heterocycles. The molecule has 1 unspecified atom stereocenters. The molecular formula is C14H22ClNO2. The van der Waals surface area contributed by atoms with Crippen molar-refractivity contribution < 1.29 is 9.47 Å². The van der Waals surface area contributed by atoms with E-state index in [0.717, 1.165) is 35.8 Å². The van der Waals surface area contributed by atoms with Crippen LogP contribution in [-0.2, 0) is 11.2 Å². The summed E-state index contributed by atoms with van der Waals surface area (Å²) in [7, 11) is 1.70. The smallest absolute Gasteiger partial charge is 0.120 e. The highest BCUT2D eigenvalue weighted by Gasteiger charge is 2.05. The van der Waals surface area contributed by atoms with E-state index >= 15 is 0 Å². The van der Waals surface area contributed by atoms with Crippen molar-refractivity contribution >= 4 is 11.6 Å². The zero-order valence-corrected chi connectivity index (χ0v) is 12.1. The Bertz CT molecular complexity index is 358. The zero-order chi connectivity index (χ0) is 13.4. The van der Waals surface area contributed by atoms with Crippen LogP contribution in [0.3, 0.4) is 0 Å². The van der Waals surface area contributed by atoms with Gasteiger partial charge in [-0.05, 0) is 37.1 Å². The Kier molecular flexibility index (Phi) is 7.09. The van der Waals surface area contributed by atoms with Crippen molar-refractivity contribution in [3.8, 4) is 5.75 Å². The van der Waals surface area contributed by atoms with Crippen molar-refractivity contribution in [3.05, 3.63) is 28.8 Å². The third-order valence-electron chi connectivity index (χ3n) is 2.65. The maximum Gasteiger partial charge on any atom is 0.120 e. The maximum atomic E-state index is 6.07. The molecule has 102 valence electrons. The molecule has 0 aliphatic carbocycles. The van der Waals surface area contributed by atoms with E-state index < -0.39 is 0 Å². The predicted molar refractivity (Wildman–Crippen MR) is 75.7 cm³/mol. The first-order chi connectivity index (χ1) is 8.67. The number of rotatable bonds is 8. The summed E-state index contributed by atoms with van der Waals surface area (Å²) in [6.07, 6.45) is 1.03. The second kappa shape index (κ2) is 8.35. The van der Waals surface area contributed by atoms with Gasteiger partial charge in [0.1, 0.15) is 11.9 Å². The molecule has 0 bridgehead atoms. The average molecular weight is 272 g/mol. The van der Waals surface area contributed by atoms with Crippen molar-refractivity contribution in [2.24, 2.45) is 0 Å². The van der Waals surface area contributed by atoms with E-state index in [4.69, 9.17) is 21.1 Å². The van der Waals surface area contributed by atoms with Crippen LogP contribution >= 0.6 is 11.6 Å². The number of nitrogens with one attached hydrogen (secondary N) is 1. The first kappa shape index (κ1) is 15.3. The Hall–Kier alpha value is -0.770. The van der Waals surface area contributed by atoms with Crippen LogP contribution in [0.25, 0.3) is 0 Å². The summed E-state index contributed by atoms with van der Waals surface area (Å²) in [5.74, 6) is 0.872. The van der Waals surface area contributed by atoms with Crippen LogP contribution in [0.1, 0.15) is 19.4 Å². The fourth-order valence-electron chi connectivity index (χ4n) is 1.65. The number of benzene rings is 1. The lowest BCUT2D eigenvalue weighted by Crippen LogP contribution is -2.31. The Balaban J connectivity index is 2.41. The Morgan fingerprint density at radius 2 is 2.17 bits per heavy atom. The van der Waals surface area contributed by atoms with Crippen LogP contribution in [0.4, 0.5) is 0 Å². The lowest BCUT2D eigenvalue weighted by molar-refractivity contribution is 0.184. The predicted octanol–water partition coefficient (Wildman–Crippen LogP) is 2.91. The molecule has 1 rings (SSSR count). The molecule has 1 N–H and O–H groups in total. The zero-order valence-electron chi connectivity index (χ0n) is 11.3. The molecule has 0 radical (unpaired) electrons. The highest BCUT2D eigenvalue weighted by molar-refractivity contribution is 6.31. The lowest BCUT2D eigenvalue weighted by atomic mass is 10.1. The van der Waals surface area contributed by atoms with Crippen molar-refractivity contribution in [2.45, 2.75) is 26.4 Å². The molecule has 4 heteroatoms. The van der Waals surface area contributed by atoms with Gasteiger partial charge in [0.2, 0.25) is 0 Å². The maximum absolute atomic E-state index is 6.07. The fourth-order valence-corrected chi connectivity index (χ4v) is 1.90. The second-order valence-corrected chi connectivity index (χ2v) is 4.64. The van der Waals surface area contributed by atoms with Crippen molar-refractivity contribution in [1.29, 1.82) is 0 Å². The summed E-state index contributed by atoms with van der Waals surface area (Å²) in [4.78, 5) is 0. The number of hydrogen-bond acceptors (Lipinski definition) is 3. The van der Waals surface area contributed by atoms with E-state index in [9.17, 15) is 0 Å². The Labute approximate surface area is 114 Å². The minimum absolute atomic E-state index is 0.118. The van der Waals surface area contributed by atoms with Crippen LogP contribution in [0.5, 0.6) is 5.75 Å². The van der Waals surface area contributed by atoms with Gasteiger partial charge < -0.3 is 14.8 Å². The lowest BCUT2D eigenvalue weighted by Gasteiger charge is -2.16. The van der Waals surface area contributed by atoms with Crippen molar-refractivity contribution in [1.82, 2.24) is 5.32 Å². The Morgan fingerprint density at radius 1 is 1.39 bits per heavy atom. The summed E-state index contributed by atoms with van der Waals surface area (Å²) in [5, 5.41) is 4.07. The van der Waals surface area contributed by atoms with E-state index in [-0.39, 0.29) is 6.10 Å². The van der Waals surface area contributed by atoms with Crippen LogP contribution in [0.2, 0.25) is 5.02 Å². The van der Waals surface area contributed by atoms with Gasteiger partial charge in [0.05, 0.1) is 6.61 Å². The fraction of sp³-hybridized carbons (Fsp3) is 0.571. The molecule has 0 saturated carbocycles. The summed E-state index contributed by atoms with van der Waals surface area (Å²) >= 11 is 6.07. The monoisotopic (exact) mass is 271 g/mol. The molecular weight excluding hydrogens is 250 g/mol. The third kappa shape index (κ3) is 5.25. The van der Waals surface area contributed by atoms with Gasteiger partial charge in [-0.1, -0.05) is 18.5 Å². The molecule has 1 atom stereocenters. The molecule has 0 fully saturated rings. The minimum Gasteiger partial charge on any atom is -0.489 e. The van der Waals surface area contributed by atoms with Gasteiger partial charge in [0.15, 0.2) is 0 Å². The first-order valence-corrected chi connectivity index (χ1v) is 6.70. The molecule has 18 heavy (non-hydrogen) atoms. The van der Waals surface area contributed by atoms with Crippen molar-refractivity contribution in [3.63, 3.8) is 0 Å². The molecule has 0 heterocycles. The number of ether oxygens (including phenoxy) is 2. The van der Waals surface area contributed by atoms with E-state index in [0.29, 0.717) is 6.61 Å². The largest absolute Gasteiger partial charge is 0.489 e. The highest BCUT2D eigenvalue weighted by Crippen LogP contribution is 2.23. The van der Waals surface area contributed by atoms with Gasteiger partial charge in [0.25, 0.3) is 0 Å². The molecule has 3 nitrogen and oxygen atoms in total. The molecule has 0 saturated heterocycles. The van der Waals surface area contributed by atoms with Crippen LogP contribution < -0.4 is 10.1 Å². The molecule has 0 spiro atoms. The van der Waals surface area contributed by atoms with Crippen molar-refractivity contribution in [2.75, 3.05) is 26.8 Å². The van der Waals surface area contributed by atoms with Gasteiger partial charge in [-0.15, -0.1) is 0 Å². The number of halogens is 1. The van der Waals surface area contributed by atoms with E-state index in [2.05, 4.69) is 12.2 Å². The second-order valence-electron chi connectivity index (χ2n) is 4.23. The topological polar surface area (TPSA) is 30.5 Å². The standard InChI is InChI=1S/C14H22ClNO2/c1-4-12-9-13(5-6-14(12)15)18-11(2)10-16-7-8-17-3/h5-6,9,11,16H,4,7-8,10H2,1-3H3. The van der Waals surface area contributed by atoms with Gasteiger partial charge in [0, 0.05) is 25.2 Å². The van der Waals surface area contributed by atoms with Gasteiger partial charge in [-0.2, -0.15) is 0 Å². The number of aryl methyl sites for hydroxylation is 1. The summed E-state index contributed by atoms with van der Waals surface area (Å²) in [6, 6.07) is 5.81. The van der Waals surface area contributed by atoms with Crippen LogP contribution in [0, 0.1) is 0 Å². The van der Waals surface area contributed by atoms with E-state index in [1.54, 1.807) is 7.11 Å². The molecule has 0 amide bonds. The average Bonchev–Trinajstić information content (AvgIpc) is 2.37. The summed E-state index contributed by atoms with van der Waals surface area (Å²) in [6.45, 7) is 6.48. The minimum atomic E-state index is 0.118. The molecule has 1 aromatic carbocycles. The van der Waals surface area contributed by atoms with E-state index in [1.807, 2.05) is 25.1 Å². The SMILES string of the molecule is CCc1cc(OC(C)CNCCOC)ccc1Cl. The van der Waals surface area contributed by atoms with Gasteiger partial charge >= 0.3 is 0 Å². The quantitative estimate of drug-likeness (QED) is 0.738. The van der Waals surface area contributed by atoms with Gasteiger partial charge in [-0.3, -0.25) is 0 Å². The van der Waals surface area contributed by atoms with Gasteiger partial charge in [-0.25, -0.2) is 0 Å². The van der Waals surface area contributed by atoms with Crippen LogP contribution in [0.15, 0.2) is 18.2 Å². The summed E-state index contributed by atoms with van der Waals surface area (Å²) < 4.78 is 10.8. The number of hydrogen-bond donors (Lipinski definition) is 1. The summed E-state index contributed by atoms with van der Waals surface area (Å²) in [5.41, 5.74) is 1.12. The molecule has 0 aromatic heterocycles. The normalized spacial score (nSPS) is 12.4. The highest BCUT2D eigenvalue weighted by atomic mass is 35.5. The van der Waals surface area contributed by atoms with Crippen LogP contribution in [-0.4, -0.2) is 32.9 Å². The van der Waals surface area contributed by atoms with E-state index in [1.165, 1.54) is 0 Å².